The first-order valence-electron chi connectivity index (χ1n) is 14.9. The zero-order valence-corrected chi connectivity index (χ0v) is 24.4. The lowest BCUT2D eigenvalue weighted by atomic mass is 9.86. The smallest absolute Gasteiger partial charge is 0.311 e. The molecule has 4 N–H and O–H groups in total. The molecule has 0 aliphatic rings. The monoisotopic (exact) mass is 540 g/mol. The van der Waals surface area contributed by atoms with Crippen LogP contribution in [0.3, 0.4) is 0 Å². The van der Waals surface area contributed by atoms with Crippen LogP contribution in [0.5, 0.6) is 0 Å². The van der Waals surface area contributed by atoms with Crippen molar-refractivity contribution in [2.45, 2.75) is 130 Å². The fraction of sp³-hybridized carbons (Fsp3) is 0.833. The summed E-state index contributed by atoms with van der Waals surface area (Å²) in [7, 11) is 0. The summed E-state index contributed by atoms with van der Waals surface area (Å²) in [5.74, 6) is -1.41. The number of aliphatic carboxylic acids is 1. The molecule has 0 aliphatic carbocycles. The number of esters is 1. The van der Waals surface area contributed by atoms with Gasteiger partial charge in [0, 0.05) is 26.1 Å². The number of hydrogen-bond donors (Lipinski definition) is 4. The summed E-state index contributed by atoms with van der Waals surface area (Å²) < 4.78 is 5.14. The number of carboxylic acid groups (broad SMARTS) is 1. The van der Waals surface area contributed by atoms with Crippen LogP contribution in [-0.4, -0.2) is 60.4 Å². The number of nitrogens with one attached hydrogen (secondary N) is 2. The third kappa shape index (κ3) is 21.1. The molecule has 0 saturated carbocycles. The Kier molecular flexibility index (Phi) is 22.9. The van der Waals surface area contributed by atoms with E-state index in [-0.39, 0.29) is 38.0 Å². The molecule has 0 aromatic carbocycles. The first kappa shape index (κ1) is 36.1. The molecule has 1 amide bonds. The van der Waals surface area contributed by atoms with E-state index in [9.17, 15) is 19.5 Å². The van der Waals surface area contributed by atoms with Gasteiger partial charge in [0.1, 0.15) is 0 Å². The van der Waals surface area contributed by atoms with Crippen molar-refractivity contribution in [1.82, 2.24) is 10.6 Å². The van der Waals surface area contributed by atoms with E-state index < -0.39 is 17.5 Å². The molecular weight excluding hydrogens is 484 g/mol. The lowest BCUT2D eigenvalue weighted by Gasteiger charge is -2.25. The Labute approximate surface area is 231 Å². The van der Waals surface area contributed by atoms with Gasteiger partial charge in [0.25, 0.3) is 0 Å². The molecule has 1 unspecified atom stereocenters. The summed E-state index contributed by atoms with van der Waals surface area (Å²) in [6.45, 7) is 6.24. The average Bonchev–Trinajstić information content (AvgIpc) is 2.88. The summed E-state index contributed by atoms with van der Waals surface area (Å²) in [5.41, 5.74) is -1.26. The second kappa shape index (κ2) is 24.1. The maximum atomic E-state index is 11.9. The number of carbonyl (C=O) groups excluding carboxylic acids is 2. The van der Waals surface area contributed by atoms with Crippen LogP contribution in [0.1, 0.15) is 124 Å². The van der Waals surface area contributed by atoms with Crippen molar-refractivity contribution >= 4 is 17.8 Å². The number of carbonyl (C=O) groups is 3. The Morgan fingerprint density at radius 2 is 1.39 bits per heavy atom. The standard InChI is InChI=1S/C30H56N2O6/c1-4-5-6-7-8-9-10-11-12-13-14-15-16-17-18-20-27(34)32-22-19-24-38-28(35)21-23-31-25-26(33)30(2,3)29(36)37/h11-12,26,31,33H,4-10,13-25H2,1-3H3,(H,32,34)(H,36,37)/b12-11-. The largest absolute Gasteiger partial charge is 0.481 e. The summed E-state index contributed by atoms with van der Waals surface area (Å²) in [6.07, 6.45) is 20.9. The number of allylic oxidation sites excluding steroid dienone is 2. The highest BCUT2D eigenvalue weighted by atomic mass is 16.5. The molecule has 8 nitrogen and oxygen atoms in total. The molecule has 0 bridgehead atoms. The van der Waals surface area contributed by atoms with Crippen molar-refractivity contribution in [2.75, 3.05) is 26.2 Å². The van der Waals surface area contributed by atoms with Gasteiger partial charge >= 0.3 is 11.9 Å². The summed E-state index contributed by atoms with van der Waals surface area (Å²) in [5, 5.41) is 24.7. The maximum Gasteiger partial charge on any atom is 0.311 e. The van der Waals surface area contributed by atoms with Gasteiger partial charge in [-0.15, -0.1) is 0 Å². The lowest BCUT2D eigenvalue weighted by molar-refractivity contribution is -0.153. The Morgan fingerprint density at radius 3 is 2.00 bits per heavy atom. The van der Waals surface area contributed by atoms with E-state index in [1.807, 2.05) is 0 Å². The molecule has 0 rings (SSSR count). The second-order valence-corrected chi connectivity index (χ2v) is 10.8. The minimum absolute atomic E-state index is 0.0426. The molecule has 222 valence electrons. The van der Waals surface area contributed by atoms with Gasteiger partial charge < -0.3 is 25.6 Å². The van der Waals surface area contributed by atoms with Gasteiger partial charge in [0.2, 0.25) is 5.91 Å². The van der Waals surface area contributed by atoms with Crippen molar-refractivity contribution < 1.29 is 29.3 Å². The number of amides is 1. The van der Waals surface area contributed by atoms with Crippen LogP contribution < -0.4 is 10.6 Å². The molecule has 38 heavy (non-hydrogen) atoms. The van der Waals surface area contributed by atoms with E-state index in [2.05, 4.69) is 29.7 Å². The molecule has 0 saturated heterocycles. The predicted octanol–water partition coefficient (Wildman–Crippen LogP) is 5.52. The second-order valence-electron chi connectivity index (χ2n) is 10.8. The van der Waals surface area contributed by atoms with E-state index in [4.69, 9.17) is 9.84 Å². The normalized spacial score (nSPS) is 12.5. The Hall–Kier alpha value is -1.93. The summed E-state index contributed by atoms with van der Waals surface area (Å²) in [4.78, 5) is 34.8. The minimum atomic E-state index is -1.26. The van der Waals surface area contributed by atoms with Crippen LogP contribution in [0.25, 0.3) is 0 Å². The SMILES string of the molecule is CCCCCCCC/C=C\CCCCCCCC(=O)NCCCOC(=O)CCNCC(O)C(C)(C)C(=O)O. The fourth-order valence-corrected chi connectivity index (χ4v) is 3.83. The lowest BCUT2D eigenvalue weighted by Crippen LogP contribution is -2.43. The highest BCUT2D eigenvalue weighted by Crippen LogP contribution is 2.20. The molecule has 0 radical (unpaired) electrons. The van der Waals surface area contributed by atoms with Crippen molar-refractivity contribution in [3.05, 3.63) is 12.2 Å². The van der Waals surface area contributed by atoms with Gasteiger partial charge in [0.15, 0.2) is 0 Å². The summed E-state index contributed by atoms with van der Waals surface area (Å²) in [6, 6.07) is 0. The van der Waals surface area contributed by atoms with Crippen LogP contribution in [0.15, 0.2) is 12.2 Å². The zero-order chi connectivity index (χ0) is 28.5. The topological polar surface area (TPSA) is 125 Å². The predicted molar refractivity (Wildman–Crippen MR) is 153 cm³/mol. The van der Waals surface area contributed by atoms with Crippen LogP contribution >= 0.6 is 0 Å². The Morgan fingerprint density at radius 1 is 0.816 bits per heavy atom. The van der Waals surface area contributed by atoms with E-state index in [0.29, 0.717) is 19.4 Å². The number of aliphatic hydroxyl groups is 1. The highest BCUT2D eigenvalue weighted by molar-refractivity contribution is 5.75. The molecule has 0 spiro atoms. The van der Waals surface area contributed by atoms with Gasteiger partial charge in [-0.1, -0.05) is 70.4 Å². The van der Waals surface area contributed by atoms with E-state index in [1.54, 1.807) is 0 Å². The first-order chi connectivity index (χ1) is 18.2. The highest BCUT2D eigenvalue weighted by Gasteiger charge is 2.35. The fourth-order valence-electron chi connectivity index (χ4n) is 3.83. The van der Waals surface area contributed by atoms with Gasteiger partial charge in [-0.25, -0.2) is 0 Å². The van der Waals surface area contributed by atoms with Gasteiger partial charge in [-0.3, -0.25) is 14.4 Å². The third-order valence-electron chi connectivity index (χ3n) is 6.80. The van der Waals surface area contributed by atoms with Gasteiger partial charge in [-0.2, -0.15) is 0 Å². The molecule has 0 heterocycles. The third-order valence-corrected chi connectivity index (χ3v) is 6.80. The quantitative estimate of drug-likeness (QED) is 0.0646. The molecule has 0 aliphatic heterocycles. The van der Waals surface area contributed by atoms with Crippen molar-refractivity contribution in [3.63, 3.8) is 0 Å². The molecular formula is C30H56N2O6. The minimum Gasteiger partial charge on any atom is -0.481 e. The number of hydrogen-bond acceptors (Lipinski definition) is 6. The number of rotatable bonds is 26. The Bertz CT molecular complexity index is 651. The molecule has 0 fully saturated rings. The Balaban J connectivity index is 3.48. The van der Waals surface area contributed by atoms with E-state index in [1.165, 1.54) is 78.1 Å². The van der Waals surface area contributed by atoms with Crippen molar-refractivity contribution in [2.24, 2.45) is 5.41 Å². The van der Waals surface area contributed by atoms with Gasteiger partial charge in [0.05, 0.1) is 24.5 Å². The summed E-state index contributed by atoms with van der Waals surface area (Å²) >= 11 is 0. The molecule has 0 aromatic heterocycles. The van der Waals surface area contributed by atoms with Crippen LogP contribution in [-0.2, 0) is 19.1 Å². The van der Waals surface area contributed by atoms with E-state index in [0.717, 1.165) is 19.3 Å². The van der Waals surface area contributed by atoms with Crippen molar-refractivity contribution in [3.8, 4) is 0 Å². The number of unbranched alkanes of at least 4 members (excludes halogenated alkanes) is 11. The van der Waals surface area contributed by atoms with Crippen LogP contribution in [0.2, 0.25) is 0 Å². The van der Waals surface area contributed by atoms with Crippen LogP contribution in [0, 0.1) is 5.41 Å². The van der Waals surface area contributed by atoms with E-state index >= 15 is 0 Å². The molecule has 1 atom stereocenters. The number of carboxylic acids is 1. The average molecular weight is 541 g/mol. The van der Waals surface area contributed by atoms with Gasteiger partial charge in [-0.05, 0) is 52.4 Å². The first-order valence-corrected chi connectivity index (χ1v) is 14.9. The maximum absolute atomic E-state index is 11.9. The number of aliphatic hydroxyl groups excluding tert-OH is 1. The molecule has 8 heteroatoms. The zero-order valence-electron chi connectivity index (χ0n) is 24.4. The number of ether oxygens (including phenoxy) is 1. The van der Waals surface area contributed by atoms with Crippen molar-refractivity contribution in [1.29, 1.82) is 0 Å². The van der Waals surface area contributed by atoms with Crippen LogP contribution in [0.4, 0.5) is 0 Å². The molecule has 0 aromatic rings.